The number of aromatic nitrogens is 7. The molecule has 4 aromatic heterocycles. The molecule has 1 N–H and O–H groups in total. The monoisotopic (exact) mass is 455 g/mol. The van der Waals surface area contributed by atoms with Crippen LogP contribution in [-0.4, -0.2) is 33.5 Å². The second kappa shape index (κ2) is 7.45. The number of benzene rings is 2. The van der Waals surface area contributed by atoms with Gasteiger partial charge < -0.3 is 4.98 Å². The van der Waals surface area contributed by atoms with E-state index in [1.165, 1.54) is 11.8 Å². The van der Waals surface area contributed by atoms with Crippen molar-refractivity contribution in [3.8, 4) is 0 Å². The molecule has 4 heterocycles. The summed E-state index contributed by atoms with van der Waals surface area (Å²) in [5.74, 6) is 1.39. The van der Waals surface area contributed by atoms with Gasteiger partial charge in [-0.05, 0) is 24.3 Å². The van der Waals surface area contributed by atoms with E-state index in [-0.39, 0.29) is 11.1 Å². The number of para-hydroxylation sites is 3. The van der Waals surface area contributed by atoms with Gasteiger partial charge in [-0.1, -0.05) is 42.1 Å². The molecule has 162 valence electrons. The number of aromatic amines is 1. The first-order valence-electron chi connectivity index (χ1n) is 10.3. The van der Waals surface area contributed by atoms with Gasteiger partial charge in [-0.25, -0.2) is 9.38 Å². The van der Waals surface area contributed by atoms with Crippen molar-refractivity contribution in [3.05, 3.63) is 93.7 Å². The molecule has 2 aromatic carbocycles. The van der Waals surface area contributed by atoms with Crippen LogP contribution in [0, 0.1) is 0 Å². The largest absolute Gasteiger partial charge is 0.328 e. The molecule has 0 aliphatic heterocycles. The van der Waals surface area contributed by atoms with Crippen LogP contribution in [0.3, 0.4) is 0 Å². The topological polar surface area (TPSA) is 102 Å². The Bertz CT molecular complexity index is 1830. The number of nitrogens with zero attached hydrogens (tertiary/aromatic N) is 6. The van der Waals surface area contributed by atoms with E-state index in [9.17, 15) is 9.59 Å². The number of imidazole rings is 1. The van der Waals surface area contributed by atoms with E-state index >= 15 is 0 Å². The summed E-state index contributed by atoms with van der Waals surface area (Å²) in [6.07, 6.45) is 1.66. The minimum Gasteiger partial charge on any atom is -0.328 e. The second-order valence-electron chi connectivity index (χ2n) is 7.52. The van der Waals surface area contributed by atoms with Gasteiger partial charge in [0.25, 0.3) is 11.1 Å². The Hall–Kier alpha value is -4.18. The molecule has 0 atom stereocenters. The normalized spacial score (nSPS) is 11.8. The summed E-state index contributed by atoms with van der Waals surface area (Å²) < 4.78 is 4.99. The van der Waals surface area contributed by atoms with Crippen LogP contribution in [0.15, 0.2) is 82.0 Å². The molecule has 0 spiro atoms. The smallest absolute Gasteiger partial charge is 0.263 e. The SMILES string of the molecule is C=CCn1c(=O)c2ccccc2n2c(SCc3cc(=O)n4c(nc5ccccc54)[nH]3)nnc12. The van der Waals surface area contributed by atoms with Crippen molar-refractivity contribution in [2.24, 2.45) is 0 Å². The number of allylic oxidation sites excluding steroid dienone is 1. The van der Waals surface area contributed by atoms with Gasteiger partial charge in [0, 0.05) is 24.1 Å². The molecule has 0 unspecified atom stereocenters. The Labute approximate surface area is 190 Å². The van der Waals surface area contributed by atoms with Crippen molar-refractivity contribution in [1.29, 1.82) is 0 Å². The maximum Gasteiger partial charge on any atom is 0.263 e. The van der Waals surface area contributed by atoms with Crippen LogP contribution in [0.1, 0.15) is 5.69 Å². The first kappa shape index (κ1) is 19.5. The van der Waals surface area contributed by atoms with E-state index in [0.29, 0.717) is 40.1 Å². The first-order valence-corrected chi connectivity index (χ1v) is 11.2. The van der Waals surface area contributed by atoms with Crippen LogP contribution in [0.25, 0.3) is 33.5 Å². The molecule has 10 heteroatoms. The number of rotatable bonds is 5. The Morgan fingerprint density at radius 2 is 1.79 bits per heavy atom. The first-order chi connectivity index (χ1) is 16.2. The van der Waals surface area contributed by atoms with Crippen molar-refractivity contribution in [2.45, 2.75) is 17.5 Å². The predicted octanol–water partition coefficient (Wildman–Crippen LogP) is 3.01. The summed E-state index contributed by atoms with van der Waals surface area (Å²) >= 11 is 1.42. The van der Waals surface area contributed by atoms with E-state index in [4.69, 9.17) is 0 Å². The van der Waals surface area contributed by atoms with Crippen molar-refractivity contribution in [1.82, 2.24) is 33.5 Å². The van der Waals surface area contributed by atoms with Crippen molar-refractivity contribution in [3.63, 3.8) is 0 Å². The van der Waals surface area contributed by atoms with Crippen LogP contribution in [0.4, 0.5) is 0 Å². The van der Waals surface area contributed by atoms with Gasteiger partial charge in [-0.3, -0.25) is 18.6 Å². The van der Waals surface area contributed by atoms with Gasteiger partial charge in [0.05, 0.1) is 21.9 Å². The lowest BCUT2D eigenvalue weighted by atomic mass is 10.2. The number of H-pyrrole nitrogens is 1. The van der Waals surface area contributed by atoms with Gasteiger partial charge in [0.15, 0.2) is 5.16 Å². The summed E-state index contributed by atoms with van der Waals surface area (Å²) in [6, 6.07) is 16.5. The quantitative estimate of drug-likeness (QED) is 0.317. The summed E-state index contributed by atoms with van der Waals surface area (Å²) in [4.78, 5) is 33.5. The maximum absolute atomic E-state index is 12.9. The van der Waals surface area contributed by atoms with Crippen LogP contribution < -0.4 is 11.1 Å². The zero-order valence-corrected chi connectivity index (χ0v) is 18.1. The van der Waals surface area contributed by atoms with E-state index in [0.717, 1.165) is 16.6 Å². The average molecular weight is 456 g/mol. The fourth-order valence-electron chi connectivity index (χ4n) is 4.07. The van der Waals surface area contributed by atoms with Gasteiger partial charge in [0.1, 0.15) is 0 Å². The van der Waals surface area contributed by atoms with Crippen molar-refractivity contribution < 1.29 is 0 Å². The molecule has 9 nitrogen and oxygen atoms in total. The lowest BCUT2D eigenvalue weighted by Gasteiger charge is -2.09. The molecule has 6 aromatic rings. The summed E-state index contributed by atoms with van der Waals surface area (Å²) in [6.45, 7) is 4.08. The van der Waals surface area contributed by atoms with E-state index < -0.39 is 0 Å². The van der Waals surface area contributed by atoms with Crippen molar-refractivity contribution >= 4 is 45.3 Å². The molecular formula is C23H17N7O2S. The average Bonchev–Trinajstić information content (AvgIpc) is 3.42. The molecule has 0 bridgehead atoms. The van der Waals surface area contributed by atoms with Gasteiger partial charge in [-0.15, -0.1) is 16.8 Å². The van der Waals surface area contributed by atoms with E-state index in [2.05, 4.69) is 26.7 Å². The molecule has 0 aliphatic rings. The molecule has 0 aliphatic carbocycles. The third kappa shape index (κ3) is 2.99. The van der Waals surface area contributed by atoms with Crippen LogP contribution in [0.5, 0.6) is 0 Å². The Morgan fingerprint density at radius 3 is 2.64 bits per heavy atom. The summed E-state index contributed by atoms with van der Waals surface area (Å²) in [5.41, 5.74) is 2.68. The lowest BCUT2D eigenvalue weighted by Crippen LogP contribution is -2.22. The van der Waals surface area contributed by atoms with Crippen LogP contribution in [0.2, 0.25) is 0 Å². The second-order valence-corrected chi connectivity index (χ2v) is 8.46. The maximum atomic E-state index is 12.9. The fraction of sp³-hybridized carbons (Fsp3) is 0.0870. The molecule has 33 heavy (non-hydrogen) atoms. The number of nitrogens with one attached hydrogen (secondary N) is 1. The van der Waals surface area contributed by atoms with Crippen LogP contribution in [-0.2, 0) is 12.3 Å². The Kier molecular flexibility index (Phi) is 4.40. The molecule has 0 saturated carbocycles. The minimum absolute atomic E-state index is 0.136. The summed E-state index contributed by atoms with van der Waals surface area (Å²) in [7, 11) is 0. The fourth-order valence-corrected chi connectivity index (χ4v) is 4.91. The standard InChI is InChI=1S/C23H17N7O2S/c1-2-11-28-20(32)15-7-3-5-9-17(15)30-22(28)26-27-23(30)33-13-14-12-19(31)29-18-10-6-4-8-16(18)25-21(29)24-14/h2-10,12H,1,11,13H2,(H,24,25). The van der Waals surface area contributed by atoms with E-state index in [1.54, 1.807) is 27.2 Å². The number of thioether (sulfide) groups is 1. The lowest BCUT2D eigenvalue weighted by molar-refractivity contribution is 0.783. The predicted molar refractivity (Wildman–Crippen MR) is 128 cm³/mol. The third-order valence-corrected chi connectivity index (χ3v) is 6.48. The van der Waals surface area contributed by atoms with Gasteiger partial charge >= 0.3 is 0 Å². The zero-order valence-electron chi connectivity index (χ0n) is 17.3. The highest BCUT2D eigenvalue weighted by atomic mass is 32.2. The highest BCUT2D eigenvalue weighted by molar-refractivity contribution is 7.98. The van der Waals surface area contributed by atoms with E-state index in [1.807, 2.05) is 46.9 Å². The number of hydrogen-bond acceptors (Lipinski definition) is 6. The van der Waals surface area contributed by atoms with Gasteiger partial charge in [0.2, 0.25) is 11.6 Å². The third-order valence-electron chi connectivity index (χ3n) is 5.50. The highest BCUT2D eigenvalue weighted by Crippen LogP contribution is 2.24. The number of hydrogen-bond donors (Lipinski definition) is 1. The molecule has 0 fully saturated rings. The van der Waals surface area contributed by atoms with Gasteiger partial charge in [-0.2, -0.15) is 0 Å². The highest BCUT2D eigenvalue weighted by Gasteiger charge is 2.17. The number of fused-ring (bicyclic) bond motifs is 6. The van der Waals surface area contributed by atoms with Crippen molar-refractivity contribution in [2.75, 3.05) is 0 Å². The molecule has 0 radical (unpaired) electrons. The summed E-state index contributed by atoms with van der Waals surface area (Å²) in [5, 5.41) is 9.80. The minimum atomic E-state index is -0.149. The molecular weight excluding hydrogens is 438 g/mol. The Morgan fingerprint density at radius 1 is 1.00 bits per heavy atom. The molecule has 0 amide bonds. The molecule has 6 rings (SSSR count). The zero-order chi connectivity index (χ0) is 22.5. The Balaban J connectivity index is 1.45. The van der Waals surface area contributed by atoms with Crippen LogP contribution >= 0.6 is 11.8 Å². The molecule has 0 saturated heterocycles.